The number of ether oxygens (including phenoxy) is 3. The number of carbonyl (C=O) groups excluding carboxylic acids is 1. The fourth-order valence-corrected chi connectivity index (χ4v) is 2.46. The molecule has 3 rings (SSSR count). The third-order valence-corrected chi connectivity index (χ3v) is 3.52. The van der Waals surface area contributed by atoms with Gasteiger partial charge in [-0.05, 0) is 17.7 Å². The van der Waals surface area contributed by atoms with Crippen LogP contribution in [0.1, 0.15) is 25.5 Å². The van der Waals surface area contributed by atoms with E-state index in [4.69, 9.17) is 14.2 Å². The Balaban J connectivity index is 0.00000147. The van der Waals surface area contributed by atoms with Crippen molar-refractivity contribution in [3.63, 3.8) is 0 Å². The average molecular weight is 300 g/mol. The first-order valence-electron chi connectivity index (χ1n) is 6.39. The molecule has 0 spiro atoms. The van der Waals surface area contributed by atoms with Crippen molar-refractivity contribution in [2.75, 3.05) is 19.8 Å². The van der Waals surface area contributed by atoms with Gasteiger partial charge >= 0.3 is 6.09 Å². The summed E-state index contributed by atoms with van der Waals surface area (Å²) in [5, 5.41) is 2.87. The Hall–Kier alpha value is -1.62. The second-order valence-corrected chi connectivity index (χ2v) is 5.55. The van der Waals surface area contributed by atoms with Gasteiger partial charge in [0, 0.05) is 5.41 Å². The number of alkyl carbamates (subject to hydrolysis) is 1. The third-order valence-electron chi connectivity index (χ3n) is 3.52. The van der Waals surface area contributed by atoms with Crippen molar-refractivity contribution >= 4 is 18.5 Å². The lowest BCUT2D eigenvalue weighted by Crippen LogP contribution is -2.46. The van der Waals surface area contributed by atoms with E-state index in [0.717, 1.165) is 17.1 Å². The van der Waals surface area contributed by atoms with Crippen LogP contribution < -0.4 is 14.8 Å². The van der Waals surface area contributed by atoms with E-state index in [-0.39, 0.29) is 30.0 Å². The molecule has 2 heterocycles. The summed E-state index contributed by atoms with van der Waals surface area (Å²) in [6, 6.07) is 5.70. The number of hydrogen-bond acceptors (Lipinski definition) is 4. The molecule has 1 fully saturated rings. The molecule has 1 aromatic carbocycles. The van der Waals surface area contributed by atoms with Crippen LogP contribution in [0.25, 0.3) is 0 Å². The Morgan fingerprint density at radius 2 is 1.85 bits per heavy atom. The first kappa shape index (κ1) is 14.8. The molecule has 0 aromatic heterocycles. The molecule has 1 saturated heterocycles. The fraction of sp³-hybridized carbons (Fsp3) is 0.500. The SMILES string of the molecule is CC1(C)COC(=O)N[C@@H]1c1ccc2c(c1)OCCO2.Cl. The highest BCUT2D eigenvalue weighted by Gasteiger charge is 2.38. The summed E-state index contributed by atoms with van der Waals surface area (Å²) in [5.74, 6) is 1.49. The van der Waals surface area contributed by atoms with Crippen molar-refractivity contribution in [2.45, 2.75) is 19.9 Å². The average Bonchev–Trinajstić information content (AvgIpc) is 2.41. The van der Waals surface area contributed by atoms with Gasteiger partial charge in [0.2, 0.25) is 0 Å². The van der Waals surface area contributed by atoms with Gasteiger partial charge in [-0.15, -0.1) is 12.4 Å². The number of cyclic esters (lactones) is 1. The number of halogens is 1. The van der Waals surface area contributed by atoms with E-state index >= 15 is 0 Å². The molecule has 1 atom stereocenters. The largest absolute Gasteiger partial charge is 0.486 e. The number of hydrogen-bond donors (Lipinski definition) is 1. The number of fused-ring (bicyclic) bond motifs is 1. The molecular weight excluding hydrogens is 282 g/mol. The molecule has 0 unspecified atom stereocenters. The number of carbonyl (C=O) groups is 1. The van der Waals surface area contributed by atoms with E-state index in [1.165, 1.54) is 0 Å². The third kappa shape index (κ3) is 2.63. The Kier molecular flexibility index (Phi) is 3.99. The summed E-state index contributed by atoms with van der Waals surface area (Å²) in [5.41, 5.74) is 0.836. The maximum atomic E-state index is 11.4. The normalized spacial score (nSPS) is 23.1. The second-order valence-electron chi connectivity index (χ2n) is 5.55. The van der Waals surface area contributed by atoms with Crippen LogP contribution in [0.3, 0.4) is 0 Å². The highest BCUT2D eigenvalue weighted by molar-refractivity contribution is 5.85. The molecule has 0 aliphatic carbocycles. The van der Waals surface area contributed by atoms with Gasteiger partial charge in [0.1, 0.15) is 19.8 Å². The van der Waals surface area contributed by atoms with E-state index < -0.39 is 0 Å². The van der Waals surface area contributed by atoms with Crippen LogP contribution in [0.4, 0.5) is 4.79 Å². The zero-order valence-corrected chi connectivity index (χ0v) is 12.3. The van der Waals surface area contributed by atoms with Crippen LogP contribution in [0.15, 0.2) is 18.2 Å². The van der Waals surface area contributed by atoms with Gasteiger partial charge in [0.05, 0.1) is 6.04 Å². The second kappa shape index (κ2) is 5.40. The Labute approximate surface area is 124 Å². The van der Waals surface area contributed by atoms with Gasteiger partial charge in [-0.25, -0.2) is 4.79 Å². The van der Waals surface area contributed by atoms with Crippen LogP contribution in [-0.2, 0) is 4.74 Å². The van der Waals surface area contributed by atoms with Crippen molar-refractivity contribution in [3.8, 4) is 11.5 Å². The summed E-state index contributed by atoms with van der Waals surface area (Å²) in [7, 11) is 0. The smallest absolute Gasteiger partial charge is 0.407 e. The minimum atomic E-state index is -0.376. The van der Waals surface area contributed by atoms with Gasteiger partial charge in [0.15, 0.2) is 11.5 Å². The molecule has 1 amide bonds. The highest BCUT2D eigenvalue weighted by atomic mass is 35.5. The topological polar surface area (TPSA) is 56.8 Å². The highest BCUT2D eigenvalue weighted by Crippen LogP contribution is 2.40. The maximum absolute atomic E-state index is 11.4. The Bertz CT molecular complexity index is 518. The van der Waals surface area contributed by atoms with Gasteiger partial charge in [-0.3, -0.25) is 0 Å². The van der Waals surface area contributed by atoms with Crippen molar-refractivity contribution in [3.05, 3.63) is 23.8 Å². The molecule has 20 heavy (non-hydrogen) atoms. The van der Waals surface area contributed by atoms with E-state index in [0.29, 0.717) is 19.8 Å². The summed E-state index contributed by atoms with van der Waals surface area (Å²) in [6.45, 7) is 5.66. The molecule has 0 radical (unpaired) electrons. The molecule has 0 saturated carbocycles. The summed E-state index contributed by atoms with van der Waals surface area (Å²) in [6.07, 6.45) is -0.376. The fourth-order valence-electron chi connectivity index (χ4n) is 2.46. The van der Waals surface area contributed by atoms with E-state index in [1.807, 2.05) is 18.2 Å². The molecule has 110 valence electrons. The van der Waals surface area contributed by atoms with Gasteiger partial charge < -0.3 is 19.5 Å². The van der Waals surface area contributed by atoms with Crippen molar-refractivity contribution in [1.82, 2.24) is 5.32 Å². The van der Waals surface area contributed by atoms with Crippen LogP contribution in [0.5, 0.6) is 11.5 Å². The lowest BCUT2D eigenvalue weighted by atomic mass is 9.80. The lowest BCUT2D eigenvalue weighted by Gasteiger charge is -2.38. The first-order chi connectivity index (χ1) is 9.06. The number of nitrogens with one attached hydrogen (secondary N) is 1. The molecule has 2 aliphatic rings. The molecule has 2 aliphatic heterocycles. The van der Waals surface area contributed by atoms with Crippen molar-refractivity contribution in [2.24, 2.45) is 5.41 Å². The number of benzene rings is 1. The van der Waals surface area contributed by atoms with Crippen molar-refractivity contribution in [1.29, 1.82) is 0 Å². The van der Waals surface area contributed by atoms with Gasteiger partial charge in [-0.1, -0.05) is 19.9 Å². The lowest BCUT2D eigenvalue weighted by molar-refractivity contribution is 0.0386. The molecule has 6 heteroatoms. The van der Waals surface area contributed by atoms with Crippen LogP contribution in [-0.4, -0.2) is 25.9 Å². The number of rotatable bonds is 1. The molecule has 0 bridgehead atoms. The van der Waals surface area contributed by atoms with Gasteiger partial charge in [-0.2, -0.15) is 0 Å². The van der Waals surface area contributed by atoms with Crippen LogP contribution in [0, 0.1) is 5.41 Å². The quantitative estimate of drug-likeness (QED) is 0.866. The summed E-state index contributed by atoms with van der Waals surface area (Å²) >= 11 is 0. The first-order valence-corrected chi connectivity index (χ1v) is 6.39. The molecular formula is C14H18ClNO4. The van der Waals surface area contributed by atoms with E-state index in [2.05, 4.69) is 19.2 Å². The predicted molar refractivity (Wildman–Crippen MR) is 75.7 cm³/mol. The molecule has 5 nitrogen and oxygen atoms in total. The van der Waals surface area contributed by atoms with Gasteiger partial charge in [0.25, 0.3) is 0 Å². The van der Waals surface area contributed by atoms with E-state index in [9.17, 15) is 4.79 Å². The maximum Gasteiger partial charge on any atom is 0.407 e. The Morgan fingerprint density at radius 1 is 1.15 bits per heavy atom. The van der Waals surface area contributed by atoms with Crippen molar-refractivity contribution < 1.29 is 19.0 Å². The molecule has 1 aromatic rings. The molecule has 1 N–H and O–H groups in total. The van der Waals surface area contributed by atoms with Crippen LogP contribution >= 0.6 is 12.4 Å². The Morgan fingerprint density at radius 3 is 2.60 bits per heavy atom. The zero-order valence-electron chi connectivity index (χ0n) is 11.5. The number of amides is 1. The minimum Gasteiger partial charge on any atom is -0.486 e. The standard InChI is InChI=1S/C14H17NO4.ClH/c1-14(2)8-19-13(16)15-12(14)9-3-4-10-11(7-9)18-6-5-17-10;/h3-4,7,12H,5-6,8H2,1-2H3,(H,15,16);1H/t12-;/m1./s1. The predicted octanol–water partition coefficient (Wildman–Crippen LogP) is 2.69. The van der Waals surface area contributed by atoms with Crippen LogP contribution in [0.2, 0.25) is 0 Å². The summed E-state index contributed by atoms with van der Waals surface area (Å²) in [4.78, 5) is 11.4. The minimum absolute atomic E-state index is 0. The monoisotopic (exact) mass is 299 g/mol. The van der Waals surface area contributed by atoms with E-state index in [1.54, 1.807) is 0 Å². The zero-order chi connectivity index (χ0) is 13.5. The summed E-state index contributed by atoms with van der Waals surface area (Å²) < 4.78 is 16.1.